The second-order valence-electron chi connectivity index (χ2n) is 3.34. The van der Waals surface area contributed by atoms with E-state index in [0.717, 1.165) is 14.7 Å². The van der Waals surface area contributed by atoms with Crippen LogP contribution in [0.15, 0.2) is 12.1 Å². The second-order valence-corrected chi connectivity index (χ2v) is 4.51. The van der Waals surface area contributed by atoms with Crippen molar-refractivity contribution >= 4 is 28.6 Å². The Balaban J connectivity index is 2.72. The Morgan fingerprint density at radius 3 is 2.87 bits per heavy atom. The zero-order valence-electron chi connectivity index (χ0n) is 8.47. The predicted octanol–water partition coefficient (Wildman–Crippen LogP) is 1.33. The maximum Gasteiger partial charge on any atom is 0.185 e. The average molecular weight is 319 g/mol. The van der Waals surface area contributed by atoms with E-state index < -0.39 is 0 Å². The van der Waals surface area contributed by atoms with Crippen molar-refractivity contribution in [2.75, 3.05) is 6.54 Å². The number of halogens is 1. The number of phenols is 1. The van der Waals surface area contributed by atoms with E-state index in [0.29, 0.717) is 18.7 Å². The summed E-state index contributed by atoms with van der Waals surface area (Å²) in [5.74, 6) is 0.281. The number of guanidine groups is 1. The summed E-state index contributed by atoms with van der Waals surface area (Å²) in [6.07, 6.45) is 0.656. The fraction of sp³-hybridized carbons (Fsp3) is 0.300. The third-order valence-corrected chi connectivity index (χ3v) is 2.82. The minimum atomic E-state index is -0.0446. The van der Waals surface area contributed by atoms with Crippen LogP contribution in [0.3, 0.4) is 0 Å². The van der Waals surface area contributed by atoms with Crippen molar-refractivity contribution in [1.82, 2.24) is 5.32 Å². The molecule has 0 unspecified atom stereocenters. The molecule has 0 atom stereocenters. The molecule has 15 heavy (non-hydrogen) atoms. The summed E-state index contributed by atoms with van der Waals surface area (Å²) < 4.78 is 0.852. The van der Waals surface area contributed by atoms with Gasteiger partial charge in [-0.25, -0.2) is 0 Å². The third-order valence-electron chi connectivity index (χ3n) is 2.00. The van der Waals surface area contributed by atoms with Crippen molar-refractivity contribution in [3.8, 4) is 5.75 Å². The van der Waals surface area contributed by atoms with E-state index in [2.05, 4.69) is 27.9 Å². The molecule has 82 valence electrons. The summed E-state index contributed by atoms with van der Waals surface area (Å²) in [5.41, 5.74) is 7.17. The van der Waals surface area contributed by atoms with Crippen LogP contribution < -0.4 is 11.1 Å². The Labute approximate surface area is 103 Å². The summed E-state index contributed by atoms with van der Waals surface area (Å²) in [6.45, 7) is 2.55. The number of nitrogens with two attached hydrogens (primary N) is 1. The Kier molecular flexibility index (Phi) is 4.19. The molecule has 0 saturated carbocycles. The first-order chi connectivity index (χ1) is 7.00. The molecule has 0 aliphatic carbocycles. The molecular weight excluding hydrogens is 305 g/mol. The quantitative estimate of drug-likeness (QED) is 0.385. The average Bonchev–Trinajstić information content (AvgIpc) is 2.12. The number of aryl methyl sites for hydroxylation is 1. The standard InChI is InChI=1S/C10H14IN3O/c1-6-4-7(2-3-14-10(12)13)9(15)8(11)5-6/h4-5,15H,2-3H2,1H3,(H4,12,13,14). The molecule has 0 aliphatic heterocycles. The zero-order chi connectivity index (χ0) is 11.4. The van der Waals surface area contributed by atoms with Crippen molar-refractivity contribution < 1.29 is 5.11 Å². The predicted molar refractivity (Wildman–Crippen MR) is 69.2 cm³/mol. The second kappa shape index (κ2) is 5.20. The molecule has 1 rings (SSSR count). The molecule has 0 spiro atoms. The molecular formula is C10H14IN3O. The Bertz CT molecular complexity index is 379. The zero-order valence-corrected chi connectivity index (χ0v) is 10.6. The van der Waals surface area contributed by atoms with Crippen LogP contribution in [-0.2, 0) is 6.42 Å². The highest BCUT2D eigenvalue weighted by Crippen LogP contribution is 2.26. The SMILES string of the molecule is Cc1cc(I)c(O)c(CCNC(=N)N)c1. The lowest BCUT2D eigenvalue weighted by Crippen LogP contribution is -2.31. The monoisotopic (exact) mass is 319 g/mol. The van der Waals surface area contributed by atoms with Crippen molar-refractivity contribution in [2.45, 2.75) is 13.3 Å². The van der Waals surface area contributed by atoms with Gasteiger partial charge in [0, 0.05) is 6.54 Å². The summed E-state index contributed by atoms with van der Waals surface area (Å²) in [6, 6.07) is 3.87. The van der Waals surface area contributed by atoms with E-state index in [1.54, 1.807) is 0 Å². The summed E-state index contributed by atoms with van der Waals surface area (Å²) in [7, 11) is 0. The fourth-order valence-corrected chi connectivity index (χ4v) is 2.17. The Morgan fingerprint density at radius 2 is 2.27 bits per heavy atom. The first kappa shape index (κ1) is 12.1. The summed E-state index contributed by atoms with van der Waals surface area (Å²) >= 11 is 2.10. The Hall–Kier alpha value is -0.980. The Morgan fingerprint density at radius 1 is 1.60 bits per heavy atom. The maximum absolute atomic E-state index is 9.77. The number of hydrogen-bond acceptors (Lipinski definition) is 2. The number of hydrogen-bond donors (Lipinski definition) is 4. The molecule has 1 aromatic carbocycles. The van der Waals surface area contributed by atoms with Crippen LogP contribution in [0.4, 0.5) is 0 Å². The highest BCUT2D eigenvalue weighted by atomic mass is 127. The number of nitrogens with one attached hydrogen (secondary N) is 2. The first-order valence-electron chi connectivity index (χ1n) is 4.56. The van der Waals surface area contributed by atoms with Gasteiger partial charge >= 0.3 is 0 Å². The summed E-state index contributed by atoms with van der Waals surface area (Å²) in [4.78, 5) is 0. The van der Waals surface area contributed by atoms with Gasteiger partial charge < -0.3 is 16.2 Å². The van der Waals surface area contributed by atoms with Crippen LogP contribution in [-0.4, -0.2) is 17.6 Å². The van der Waals surface area contributed by atoms with E-state index in [9.17, 15) is 5.11 Å². The topological polar surface area (TPSA) is 82.1 Å². The molecule has 0 radical (unpaired) electrons. The van der Waals surface area contributed by atoms with Crippen LogP contribution in [0.25, 0.3) is 0 Å². The molecule has 0 fully saturated rings. The molecule has 0 bridgehead atoms. The molecule has 0 saturated heterocycles. The number of aromatic hydroxyl groups is 1. The molecule has 0 amide bonds. The van der Waals surface area contributed by atoms with Crippen LogP contribution in [0.5, 0.6) is 5.75 Å². The van der Waals surface area contributed by atoms with Crippen LogP contribution >= 0.6 is 22.6 Å². The van der Waals surface area contributed by atoms with Gasteiger partial charge in [-0.1, -0.05) is 6.07 Å². The lowest BCUT2D eigenvalue weighted by atomic mass is 10.1. The van der Waals surface area contributed by atoms with Gasteiger partial charge in [-0.3, -0.25) is 5.41 Å². The number of rotatable bonds is 3. The van der Waals surface area contributed by atoms with Crippen molar-refractivity contribution in [3.63, 3.8) is 0 Å². The lowest BCUT2D eigenvalue weighted by molar-refractivity contribution is 0.463. The molecule has 0 heterocycles. The van der Waals surface area contributed by atoms with Gasteiger partial charge in [-0.05, 0) is 53.1 Å². The van der Waals surface area contributed by atoms with E-state index in [4.69, 9.17) is 11.1 Å². The summed E-state index contributed by atoms with van der Waals surface area (Å²) in [5, 5.41) is 19.5. The van der Waals surface area contributed by atoms with Crippen LogP contribution in [0.2, 0.25) is 0 Å². The van der Waals surface area contributed by atoms with E-state index in [-0.39, 0.29) is 5.96 Å². The molecule has 5 N–H and O–H groups in total. The normalized spacial score (nSPS) is 10.0. The van der Waals surface area contributed by atoms with Gasteiger partial charge in [0.2, 0.25) is 0 Å². The van der Waals surface area contributed by atoms with Crippen LogP contribution in [0, 0.1) is 15.9 Å². The molecule has 4 nitrogen and oxygen atoms in total. The van der Waals surface area contributed by atoms with Gasteiger partial charge in [0.25, 0.3) is 0 Å². The fourth-order valence-electron chi connectivity index (χ4n) is 1.33. The third kappa shape index (κ3) is 3.58. The van der Waals surface area contributed by atoms with Crippen molar-refractivity contribution in [2.24, 2.45) is 5.73 Å². The van der Waals surface area contributed by atoms with Gasteiger partial charge in [0.05, 0.1) is 3.57 Å². The van der Waals surface area contributed by atoms with E-state index in [1.165, 1.54) is 0 Å². The molecule has 1 aromatic rings. The van der Waals surface area contributed by atoms with Gasteiger partial charge in [0.1, 0.15) is 5.75 Å². The van der Waals surface area contributed by atoms with E-state index >= 15 is 0 Å². The first-order valence-corrected chi connectivity index (χ1v) is 5.64. The van der Waals surface area contributed by atoms with Crippen molar-refractivity contribution in [3.05, 3.63) is 26.8 Å². The minimum absolute atomic E-state index is 0.0446. The molecule has 0 aliphatic rings. The van der Waals surface area contributed by atoms with Crippen molar-refractivity contribution in [1.29, 1.82) is 5.41 Å². The highest BCUT2D eigenvalue weighted by Gasteiger charge is 2.06. The van der Waals surface area contributed by atoms with Gasteiger partial charge in [0.15, 0.2) is 5.96 Å². The number of phenolic OH excluding ortho intramolecular Hbond substituents is 1. The smallest absolute Gasteiger partial charge is 0.185 e. The van der Waals surface area contributed by atoms with Crippen LogP contribution in [0.1, 0.15) is 11.1 Å². The number of benzene rings is 1. The lowest BCUT2D eigenvalue weighted by Gasteiger charge is -2.08. The highest BCUT2D eigenvalue weighted by molar-refractivity contribution is 14.1. The van der Waals surface area contributed by atoms with E-state index in [1.807, 2.05) is 19.1 Å². The maximum atomic E-state index is 9.77. The molecule has 0 aromatic heterocycles. The molecule has 5 heteroatoms. The van der Waals surface area contributed by atoms with Gasteiger partial charge in [-0.15, -0.1) is 0 Å². The largest absolute Gasteiger partial charge is 0.507 e. The minimum Gasteiger partial charge on any atom is -0.507 e. The van der Waals surface area contributed by atoms with Gasteiger partial charge in [-0.2, -0.15) is 0 Å².